The average Bonchev–Trinajstić information content (AvgIpc) is 2.90. The summed E-state index contributed by atoms with van der Waals surface area (Å²) in [5.74, 6) is 1.84. The highest BCUT2D eigenvalue weighted by atomic mass is 16.5. The van der Waals surface area contributed by atoms with E-state index in [2.05, 4.69) is 29.5 Å². The molecule has 4 heteroatoms. The first-order valence-corrected chi connectivity index (χ1v) is 7.65. The minimum absolute atomic E-state index is 0.578. The highest BCUT2D eigenvalue weighted by Crippen LogP contribution is 2.24. The van der Waals surface area contributed by atoms with Crippen LogP contribution in [-0.2, 0) is 17.8 Å². The van der Waals surface area contributed by atoms with Crippen LogP contribution >= 0.6 is 0 Å². The molecule has 1 fully saturated rings. The van der Waals surface area contributed by atoms with Gasteiger partial charge in [0, 0.05) is 38.5 Å². The number of nitrogens with zero attached hydrogens (tertiary/aromatic N) is 3. The lowest BCUT2D eigenvalue weighted by Gasteiger charge is -2.36. The molecule has 2 aliphatic heterocycles. The van der Waals surface area contributed by atoms with Crippen molar-refractivity contribution in [1.29, 1.82) is 0 Å². The van der Waals surface area contributed by atoms with Crippen LogP contribution in [-0.4, -0.2) is 40.3 Å². The van der Waals surface area contributed by atoms with Crippen molar-refractivity contribution in [3.05, 3.63) is 17.7 Å². The Morgan fingerprint density at radius 2 is 2.16 bits per heavy atom. The van der Waals surface area contributed by atoms with Gasteiger partial charge in [-0.15, -0.1) is 0 Å². The SMILES string of the molecule is CCC(C)c1cn2c(n1)CN(C1CCOCC1)CC2. The lowest BCUT2D eigenvalue weighted by Crippen LogP contribution is -2.43. The molecule has 1 saturated heterocycles. The Morgan fingerprint density at radius 1 is 1.37 bits per heavy atom. The average molecular weight is 263 g/mol. The van der Waals surface area contributed by atoms with Gasteiger partial charge in [-0.3, -0.25) is 4.90 Å². The second-order valence-corrected chi connectivity index (χ2v) is 5.90. The molecule has 2 aliphatic rings. The lowest BCUT2D eigenvalue weighted by molar-refractivity contribution is 0.0235. The molecule has 4 nitrogen and oxygen atoms in total. The van der Waals surface area contributed by atoms with E-state index in [1.165, 1.54) is 30.8 Å². The van der Waals surface area contributed by atoms with Crippen molar-refractivity contribution in [2.24, 2.45) is 0 Å². The predicted octanol–water partition coefficient (Wildman–Crippen LogP) is 2.39. The van der Waals surface area contributed by atoms with Crippen LogP contribution in [0.3, 0.4) is 0 Å². The predicted molar refractivity (Wildman–Crippen MR) is 75.2 cm³/mol. The van der Waals surface area contributed by atoms with Crippen LogP contribution in [0.25, 0.3) is 0 Å². The van der Waals surface area contributed by atoms with Gasteiger partial charge in [0.05, 0.1) is 12.2 Å². The van der Waals surface area contributed by atoms with Gasteiger partial charge in [-0.1, -0.05) is 13.8 Å². The standard InChI is InChI=1S/C15H25N3O/c1-3-12(2)14-10-18-7-6-17(11-15(18)16-14)13-4-8-19-9-5-13/h10,12-13H,3-9,11H2,1-2H3. The third-order valence-electron chi connectivity index (χ3n) is 4.67. The fraction of sp³-hybridized carbons (Fsp3) is 0.800. The lowest BCUT2D eigenvalue weighted by atomic mass is 10.1. The van der Waals surface area contributed by atoms with Crippen molar-refractivity contribution in [1.82, 2.24) is 14.5 Å². The number of aromatic nitrogens is 2. The minimum atomic E-state index is 0.578. The van der Waals surface area contributed by atoms with Crippen molar-refractivity contribution >= 4 is 0 Å². The van der Waals surface area contributed by atoms with Crippen molar-refractivity contribution in [2.45, 2.75) is 58.2 Å². The van der Waals surface area contributed by atoms with E-state index in [1.807, 2.05) is 0 Å². The summed E-state index contributed by atoms with van der Waals surface area (Å²) >= 11 is 0. The number of rotatable bonds is 3. The van der Waals surface area contributed by atoms with Gasteiger partial charge >= 0.3 is 0 Å². The summed E-state index contributed by atoms with van der Waals surface area (Å²) in [5, 5.41) is 0. The van der Waals surface area contributed by atoms with Gasteiger partial charge in [0.15, 0.2) is 0 Å². The van der Waals surface area contributed by atoms with Crippen LogP contribution in [0.2, 0.25) is 0 Å². The molecule has 0 spiro atoms. The van der Waals surface area contributed by atoms with Gasteiger partial charge in [-0.25, -0.2) is 4.98 Å². The fourth-order valence-electron chi connectivity index (χ4n) is 3.10. The Labute approximate surface area is 115 Å². The topological polar surface area (TPSA) is 30.3 Å². The number of fused-ring (bicyclic) bond motifs is 1. The van der Waals surface area contributed by atoms with E-state index in [-0.39, 0.29) is 0 Å². The number of hydrogen-bond donors (Lipinski definition) is 0. The molecule has 106 valence electrons. The molecule has 0 radical (unpaired) electrons. The van der Waals surface area contributed by atoms with Crippen LogP contribution in [0.4, 0.5) is 0 Å². The molecule has 0 bridgehead atoms. The molecular formula is C15H25N3O. The molecule has 0 aliphatic carbocycles. The summed E-state index contributed by atoms with van der Waals surface area (Å²) in [4.78, 5) is 7.46. The Balaban J connectivity index is 1.70. The second-order valence-electron chi connectivity index (χ2n) is 5.90. The quantitative estimate of drug-likeness (QED) is 0.839. The van der Waals surface area contributed by atoms with Gasteiger partial charge in [0.1, 0.15) is 5.82 Å². The zero-order chi connectivity index (χ0) is 13.2. The van der Waals surface area contributed by atoms with E-state index in [0.29, 0.717) is 12.0 Å². The summed E-state index contributed by atoms with van der Waals surface area (Å²) in [6.45, 7) is 9.62. The first-order chi connectivity index (χ1) is 9.28. The van der Waals surface area contributed by atoms with Crippen molar-refractivity contribution < 1.29 is 4.74 Å². The molecule has 0 aromatic carbocycles. The number of imidazole rings is 1. The Kier molecular flexibility index (Phi) is 3.89. The fourth-order valence-corrected chi connectivity index (χ4v) is 3.10. The first-order valence-electron chi connectivity index (χ1n) is 7.65. The first kappa shape index (κ1) is 13.1. The van der Waals surface area contributed by atoms with E-state index in [1.54, 1.807) is 0 Å². The molecule has 0 saturated carbocycles. The molecule has 19 heavy (non-hydrogen) atoms. The maximum Gasteiger partial charge on any atom is 0.123 e. The van der Waals surface area contributed by atoms with Crippen molar-refractivity contribution in [3.8, 4) is 0 Å². The third-order valence-corrected chi connectivity index (χ3v) is 4.67. The maximum absolute atomic E-state index is 5.46. The molecule has 1 atom stereocenters. The molecule has 1 unspecified atom stereocenters. The molecule has 0 N–H and O–H groups in total. The van der Waals surface area contributed by atoms with Gasteiger partial charge < -0.3 is 9.30 Å². The molecule has 3 heterocycles. The highest BCUT2D eigenvalue weighted by molar-refractivity contribution is 5.10. The molecule has 1 aromatic heterocycles. The highest BCUT2D eigenvalue weighted by Gasteiger charge is 2.26. The summed E-state index contributed by atoms with van der Waals surface area (Å²) in [7, 11) is 0. The zero-order valence-corrected chi connectivity index (χ0v) is 12.1. The van der Waals surface area contributed by atoms with Gasteiger partial charge in [0.2, 0.25) is 0 Å². The molecule has 3 rings (SSSR count). The largest absolute Gasteiger partial charge is 0.381 e. The second kappa shape index (κ2) is 5.63. The number of ether oxygens (including phenoxy) is 1. The van der Waals surface area contributed by atoms with E-state index in [4.69, 9.17) is 9.72 Å². The van der Waals surface area contributed by atoms with Crippen LogP contribution in [0.5, 0.6) is 0 Å². The van der Waals surface area contributed by atoms with Crippen LogP contribution in [0.1, 0.15) is 50.5 Å². The zero-order valence-electron chi connectivity index (χ0n) is 12.1. The number of hydrogen-bond acceptors (Lipinski definition) is 3. The summed E-state index contributed by atoms with van der Waals surface area (Å²) in [6.07, 6.45) is 5.79. The Bertz CT molecular complexity index is 423. The minimum Gasteiger partial charge on any atom is -0.381 e. The summed E-state index contributed by atoms with van der Waals surface area (Å²) in [5.41, 5.74) is 1.27. The maximum atomic E-state index is 5.46. The molecule has 1 aromatic rings. The van der Waals surface area contributed by atoms with E-state index >= 15 is 0 Å². The van der Waals surface area contributed by atoms with E-state index < -0.39 is 0 Å². The Hall–Kier alpha value is -0.870. The summed E-state index contributed by atoms with van der Waals surface area (Å²) in [6, 6.07) is 0.700. The smallest absolute Gasteiger partial charge is 0.123 e. The van der Waals surface area contributed by atoms with Crippen molar-refractivity contribution in [2.75, 3.05) is 19.8 Å². The Morgan fingerprint density at radius 3 is 2.89 bits per heavy atom. The summed E-state index contributed by atoms with van der Waals surface area (Å²) < 4.78 is 7.82. The van der Waals surface area contributed by atoms with E-state index in [0.717, 1.165) is 32.8 Å². The van der Waals surface area contributed by atoms with Crippen LogP contribution < -0.4 is 0 Å². The molecular weight excluding hydrogens is 238 g/mol. The van der Waals surface area contributed by atoms with Gasteiger partial charge in [-0.05, 0) is 25.2 Å². The normalized spacial score (nSPS) is 23.3. The van der Waals surface area contributed by atoms with Crippen LogP contribution in [0, 0.1) is 0 Å². The van der Waals surface area contributed by atoms with Crippen LogP contribution in [0.15, 0.2) is 6.20 Å². The third kappa shape index (κ3) is 2.70. The van der Waals surface area contributed by atoms with Gasteiger partial charge in [0.25, 0.3) is 0 Å². The van der Waals surface area contributed by atoms with E-state index in [9.17, 15) is 0 Å². The van der Waals surface area contributed by atoms with Gasteiger partial charge in [-0.2, -0.15) is 0 Å². The monoisotopic (exact) mass is 263 g/mol. The van der Waals surface area contributed by atoms with Crippen molar-refractivity contribution in [3.63, 3.8) is 0 Å². The molecule has 0 amide bonds.